The second kappa shape index (κ2) is 4.97. The predicted octanol–water partition coefficient (Wildman–Crippen LogP) is 2.34. The monoisotopic (exact) mass is 252 g/mol. The molecule has 0 unspecified atom stereocenters. The standard InChI is InChI=1S/C11H9ClN2O3/c1-7-9(14-17-13-7)6-16-10-5-3-2-4-8(10)11(12)15/h2-5H,6H2,1H3. The average Bonchev–Trinajstić information content (AvgIpc) is 2.72. The fourth-order valence-corrected chi connectivity index (χ4v) is 1.44. The largest absolute Gasteiger partial charge is 0.486 e. The normalized spacial score (nSPS) is 10.2. The van der Waals surface area contributed by atoms with Gasteiger partial charge in [-0.15, -0.1) is 0 Å². The highest BCUT2D eigenvalue weighted by molar-refractivity contribution is 6.68. The van der Waals surface area contributed by atoms with Crippen LogP contribution in [0.4, 0.5) is 0 Å². The summed E-state index contributed by atoms with van der Waals surface area (Å²) in [5.41, 5.74) is 1.56. The van der Waals surface area contributed by atoms with Gasteiger partial charge in [0.25, 0.3) is 5.24 Å². The van der Waals surface area contributed by atoms with Crippen molar-refractivity contribution in [2.75, 3.05) is 0 Å². The van der Waals surface area contributed by atoms with E-state index in [1.807, 2.05) is 0 Å². The van der Waals surface area contributed by atoms with Crippen molar-refractivity contribution < 1.29 is 14.2 Å². The number of hydrogen-bond donors (Lipinski definition) is 0. The maximum Gasteiger partial charge on any atom is 0.256 e. The van der Waals surface area contributed by atoms with Gasteiger partial charge < -0.3 is 4.74 Å². The van der Waals surface area contributed by atoms with Crippen molar-refractivity contribution in [2.45, 2.75) is 13.5 Å². The number of aromatic nitrogens is 2. The average molecular weight is 253 g/mol. The number of hydrogen-bond acceptors (Lipinski definition) is 5. The third-order valence-corrected chi connectivity index (χ3v) is 2.41. The SMILES string of the molecule is Cc1nonc1COc1ccccc1C(=O)Cl. The van der Waals surface area contributed by atoms with E-state index in [9.17, 15) is 4.79 Å². The lowest BCUT2D eigenvalue weighted by atomic mass is 10.2. The molecule has 0 saturated carbocycles. The van der Waals surface area contributed by atoms with Crippen LogP contribution in [0.3, 0.4) is 0 Å². The van der Waals surface area contributed by atoms with E-state index in [1.54, 1.807) is 31.2 Å². The van der Waals surface area contributed by atoms with Crippen LogP contribution >= 0.6 is 11.6 Å². The highest BCUT2D eigenvalue weighted by Crippen LogP contribution is 2.21. The van der Waals surface area contributed by atoms with Crippen molar-refractivity contribution in [3.63, 3.8) is 0 Å². The van der Waals surface area contributed by atoms with Crippen LogP contribution in [0.1, 0.15) is 21.7 Å². The topological polar surface area (TPSA) is 65.2 Å². The molecule has 0 amide bonds. The predicted molar refractivity (Wildman–Crippen MR) is 60.0 cm³/mol. The molecule has 1 aromatic heterocycles. The highest BCUT2D eigenvalue weighted by atomic mass is 35.5. The molecule has 17 heavy (non-hydrogen) atoms. The van der Waals surface area contributed by atoms with Crippen LogP contribution < -0.4 is 4.74 Å². The smallest absolute Gasteiger partial charge is 0.256 e. The van der Waals surface area contributed by atoms with Crippen molar-refractivity contribution in [2.24, 2.45) is 0 Å². The molecular formula is C11H9ClN2O3. The van der Waals surface area contributed by atoms with Crippen LogP contribution in [-0.4, -0.2) is 15.6 Å². The summed E-state index contributed by atoms with van der Waals surface area (Å²) in [4.78, 5) is 11.1. The van der Waals surface area contributed by atoms with E-state index >= 15 is 0 Å². The van der Waals surface area contributed by atoms with E-state index in [0.29, 0.717) is 22.7 Å². The Labute approximate surface area is 102 Å². The van der Waals surface area contributed by atoms with Gasteiger partial charge in [-0.25, -0.2) is 4.63 Å². The van der Waals surface area contributed by atoms with Gasteiger partial charge in [-0.3, -0.25) is 4.79 Å². The molecule has 0 aliphatic heterocycles. The van der Waals surface area contributed by atoms with Gasteiger partial charge >= 0.3 is 0 Å². The molecule has 88 valence electrons. The minimum absolute atomic E-state index is 0.177. The number of benzene rings is 1. The number of rotatable bonds is 4. The zero-order valence-corrected chi connectivity index (χ0v) is 9.77. The first-order valence-corrected chi connectivity index (χ1v) is 5.26. The lowest BCUT2D eigenvalue weighted by molar-refractivity contribution is 0.107. The van der Waals surface area contributed by atoms with Crippen LogP contribution in [-0.2, 0) is 6.61 Å². The number of halogens is 1. The number of nitrogens with zero attached hydrogens (tertiary/aromatic N) is 2. The molecule has 2 rings (SSSR count). The van der Waals surface area contributed by atoms with E-state index in [-0.39, 0.29) is 6.61 Å². The fraction of sp³-hybridized carbons (Fsp3) is 0.182. The first-order valence-electron chi connectivity index (χ1n) is 4.88. The maximum absolute atomic E-state index is 11.1. The molecule has 0 radical (unpaired) electrons. The number of para-hydroxylation sites is 1. The number of carbonyl (C=O) groups excluding carboxylic acids is 1. The van der Waals surface area contributed by atoms with Gasteiger partial charge in [0.2, 0.25) is 0 Å². The fourth-order valence-electron chi connectivity index (χ4n) is 1.28. The summed E-state index contributed by atoms with van der Waals surface area (Å²) in [6.07, 6.45) is 0. The Morgan fingerprint density at radius 2 is 2.18 bits per heavy atom. The van der Waals surface area contributed by atoms with Gasteiger partial charge in [-0.05, 0) is 30.7 Å². The maximum atomic E-state index is 11.1. The highest BCUT2D eigenvalue weighted by Gasteiger charge is 2.11. The third kappa shape index (κ3) is 2.62. The lowest BCUT2D eigenvalue weighted by Gasteiger charge is -2.06. The summed E-state index contributed by atoms with van der Waals surface area (Å²) in [6.45, 7) is 1.93. The molecule has 0 atom stereocenters. The van der Waals surface area contributed by atoms with Crippen molar-refractivity contribution in [1.29, 1.82) is 0 Å². The molecule has 0 spiro atoms. The second-order valence-corrected chi connectivity index (χ2v) is 3.70. The Morgan fingerprint density at radius 3 is 2.82 bits per heavy atom. The molecule has 0 bridgehead atoms. The molecule has 0 N–H and O–H groups in total. The number of carbonyl (C=O) groups is 1. The Hall–Kier alpha value is -1.88. The van der Waals surface area contributed by atoms with E-state index in [1.165, 1.54) is 0 Å². The van der Waals surface area contributed by atoms with Gasteiger partial charge in [0.1, 0.15) is 23.7 Å². The van der Waals surface area contributed by atoms with E-state index in [2.05, 4.69) is 14.9 Å². The second-order valence-electron chi connectivity index (χ2n) is 3.35. The Morgan fingerprint density at radius 1 is 1.41 bits per heavy atom. The summed E-state index contributed by atoms with van der Waals surface area (Å²) in [6, 6.07) is 6.73. The van der Waals surface area contributed by atoms with Gasteiger partial charge in [-0.2, -0.15) is 0 Å². The first kappa shape index (κ1) is 11.6. The molecule has 6 heteroatoms. The van der Waals surface area contributed by atoms with E-state index in [0.717, 1.165) is 0 Å². The summed E-state index contributed by atoms with van der Waals surface area (Å²) < 4.78 is 9.99. The summed E-state index contributed by atoms with van der Waals surface area (Å²) in [5, 5.41) is 6.74. The molecule has 2 aromatic rings. The zero-order valence-electron chi connectivity index (χ0n) is 9.01. The molecular weight excluding hydrogens is 244 g/mol. The summed E-state index contributed by atoms with van der Waals surface area (Å²) in [5.74, 6) is 0.412. The summed E-state index contributed by atoms with van der Waals surface area (Å²) in [7, 11) is 0. The van der Waals surface area contributed by atoms with Crippen LogP contribution in [0.2, 0.25) is 0 Å². The molecule has 0 aliphatic carbocycles. The quantitative estimate of drug-likeness (QED) is 0.782. The van der Waals surface area contributed by atoms with Crippen molar-refractivity contribution in [1.82, 2.24) is 10.3 Å². The molecule has 5 nitrogen and oxygen atoms in total. The zero-order chi connectivity index (χ0) is 12.3. The minimum Gasteiger partial charge on any atom is -0.486 e. The van der Waals surface area contributed by atoms with Gasteiger partial charge in [0, 0.05) is 0 Å². The molecule has 1 heterocycles. The molecule has 0 aliphatic rings. The van der Waals surface area contributed by atoms with Crippen LogP contribution in [0.25, 0.3) is 0 Å². The Kier molecular flexibility index (Phi) is 3.39. The Bertz CT molecular complexity index is 539. The molecule has 0 fully saturated rings. The lowest BCUT2D eigenvalue weighted by Crippen LogP contribution is -2.01. The van der Waals surface area contributed by atoms with Crippen molar-refractivity contribution in [3.05, 3.63) is 41.2 Å². The first-order chi connectivity index (χ1) is 8.18. The van der Waals surface area contributed by atoms with Crippen molar-refractivity contribution >= 4 is 16.8 Å². The molecule has 1 aromatic carbocycles. The van der Waals surface area contributed by atoms with Gasteiger partial charge in [0.15, 0.2) is 0 Å². The van der Waals surface area contributed by atoms with Gasteiger partial charge in [0.05, 0.1) is 5.56 Å². The van der Waals surface area contributed by atoms with Crippen LogP contribution in [0, 0.1) is 6.92 Å². The molecule has 0 saturated heterocycles. The van der Waals surface area contributed by atoms with Gasteiger partial charge in [-0.1, -0.05) is 22.4 Å². The van der Waals surface area contributed by atoms with E-state index in [4.69, 9.17) is 16.3 Å². The van der Waals surface area contributed by atoms with Crippen molar-refractivity contribution in [3.8, 4) is 5.75 Å². The van der Waals surface area contributed by atoms with Crippen LogP contribution in [0.15, 0.2) is 28.9 Å². The third-order valence-electron chi connectivity index (χ3n) is 2.21. The number of aryl methyl sites for hydroxylation is 1. The minimum atomic E-state index is -0.560. The van der Waals surface area contributed by atoms with E-state index < -0.39 is 5.24 Å². The van der Waals surface area contributed by atoms with Crippen LogP contribution in [0.5, 0.6) is 5.75 Å². The summed E-state index contributed by atoms with van der Waals surface area (Å²) >= 11 is 5.43. The number of ether oxygens (including phenoxy) is 1. The Balaban J connectivity index is 2.14.